The van der Waals surface area contributed by atoms with Crippen molar-refractivity contribution in [3.8, 4) is 17.2 Å². The summed E-state index contributed by atoms with van der Waals surface area (Å²) in [4.78, 5) is 33.5. The average molecular weight is 514 g/mol. The number of fused-ring (bicyclic) bond motifs is 2. The minimum Gasteiger partial charge on any atom is -0.497 e. The molecule has 0 N–H and O–H groups in total. The Morgan fingerprint density at radius 2 is 1.68 bits per heavy atom. The van der Waals surface area contributed by atoms with Crippen LogP contribution in [0.25, 0.3) is 0 Å². The van der Waals surface area contributed by atoms with Gasteiger partial charge in [-0.3, -0.25) is 14.5 Å². The largest absolute Gasteiger partial charge is 0.497 e. The number of hydrogen-bond acceptors (Lipinski definition) is 6. The molecule has 3 heterocycles. The lowest BCUT2D eigenvalue weighted by molar-refractivity contribution is -0.136. The molecule has 0 aliphatic carbocycles. The molecule has 2 amide bonds. The fourth-order valence-electron chi connectivity index (χ4n) is 5.78. The summed E-state index contributed by atoms with van der Waals surface area (Å²) < 4.78 is 16.3. The van der Waals surface area contributed by atoms with Crippen LogP contribution in [0.15, 0.2) is 66.7 Å². The van der Waals surface area contributed by atoms with E-state index < -0.39 is 12.0 Å². The van der Waals surface area contributed by atoms with Crippen molar-refractivity contribution in [2.45, 2.75) is 18.5 Å². The first-order valence-corrected chi connectivity index (χ1v) is 12.9. The zero-order valence-electron chi connectivity index (χ0n) is 21.6. The molecule has 2 atom stereocenters. The second-order valence-electron chi connectivity index (χ2n) is 9.99. The number of nitrogens with zero attached hydrogens (tertiary/aromatic N) is 3. The molecule has 0 unspecified atom stereocenters. The van der Waals surface area contributed by atoms with Crippen molar-refractivity contribution in [1.82, 2.24) is 14.7 Å². The molecular formula is C30H31N3O5. The quantitative estimate of drug-likeness (QED) is 0.519. The SMILES string of the molecule is COc1ccc([C@H]2[C@@H](C(=O)N3CCN(Cc4ccc5c(c4)OCO5)CC3)c3ccccc3C(=O)N2C)cc1. The van der Waals surface area contributed by atoms with E-state index >= 15 is 0 Å². The van der Waals surface area contributed by atoms with Crippen LogP contribution in [0.3, 0.4) is 0 Å². The van der Waals surface area contributed by atoms with Crippen LogP contribution in [-0.2, 0) is 11.3 Å². The molecule has 1 saturated heterocycles. The first-order chi connectivity index (χ1) is 18.5. The highest BCUT2D eigenvalue weighted by atomic mass is 16.7. The normalized spacial score (nSPS) is 20.8. The molecule has 0 saturated carbocycles. The van der Waals surface area contributed by atoms with Crippen LogP contribution in [0.2, 0.25) is 0 Å². The van der Waals surface area contributed by atoms with E-state index in [1.54, 1.807) is 19.1 Å². The minimum atomic E-state index is -0.484. The van der Waals surface area contributed by atoms with Gasteiger partial charge in [-0.05, 0) is 47.0 Å². The van der Waals surface area contributed by atoms with Crippen LogP contribution in [0.5, 0.6) is 17.2 Å². The smallest absolute Gasteiger partial charge is 0.254 e. The summed E-state index contributed by atoms with van der Waals surface area (Å²) in [6.07, 6.45) is 0. The van der Waals surface area contributed by atoms with Gasteiger partial charge in [0.1, 0.15) is 5.75 Å². The van der Waals surface area contributed by atoms with Crippen molar-refractivity contribution in [1.29, 1.82) is 0 Å². The van der Waals surface area contributed by atoms with Gasteiger partial charge >= 0.3 is 0 Å². The van der Waals surface area contributed by atoms with Gasteiger partial charge in [0.25, 0.3) is 5.91 Å². The van der Waals surface area contributed by atoms with E-state index in [1.807, 2.05) is 65.6 Å². The number of likely N-dealkylation sites (N-methyl/N-ethyl adjacent to an activating group) is 1. The van der Waals surface area contributed by atoms with Gasteiger partial charge in [0.15, 0.2) is 11.5 Å². The summed E-state index contributed by atoms with van der Waals surface area (Å²) in [5.41, 5.74) is 3.47. The van der Waals surface area contributed by atoms with Crippen molar-refractivity contribution in [2.24, 2.45) is 0 Å². The lowest BCUT2D eigenvalue weighted by atomic mass is 9.79. The fourth-order valence-corrected chi connectivity index (χ4v) is 5.78. The van der Waals surface area contributed by atoms with Gasteiger partial charge in [-0.15, -0.1) is 0 Å². The minimum absolute atomic E-state index is 0.0559. The Morgan fingerprint density at radius 3 is 2.45 bits per heavy atom. The molecule has 8 nitrogen and oxygen atoms in total. The van der Waals surface area contributed by atoms with Gasteiger partial charge in [-0.1, -0.05) is 36.4 Å². The highest BCUT2D eigenvalue weighted by Crippen LogP contribution is 2.43. The van der Waals surface area contributed by atoms with E-state index in [0.717, 1.165) is 53.6 Å². The lowest BCUT2D eigenvalue weighted by Gasteiger charge is -2.43. The molecule has 1 fully saturated rings. The Morgan fingerprint density at radius 1 is 0.947 bits per heavy atom. The molecular weight excluding hydrogens is 482 g/mol. The summed E-state index contributed by atoms with van der Waals surface area (Å²) in [5.74, 6) is 1.81. The van der Waals surface area contributed by atoms with Gasteiger partial charge in [0.2, 0.25) is 12.7 Å². The van der Waals surface area contributed by atoms with Crippen LogP contribution >= 0.6 is 0 Å². The maximum absolute atomic E-state index is 14.2. The standard InChI is InChI=1S/C30H31N3O5/c1-31-28(21-8-10-22(36-2)11-9-21)27(23-5-3-4-6-24(23)29(31)34)30(35)33-15-13-32(14-16-33)18-20-7-12-25-26(17-20)38-19-37-25/h3-12,17,27-28H,13-16,18-19H2,1-2H3/t27-,28-/m0/s1. The Labute approximate surface area is 222 Å². The Bertz CT molecular complexity index is 1350. The molecule has 0 aromatic heterocycles. The number of ether oxygens (including phenoxy) is 3. The average Bonchev–Trinajstić information content (AvgIpc) is 3.43. The molecule has 196 valence electrons. The van der Waals surface area contributed by atoms with Gasteiger partial charge in [0, 0.05) is 45.3 Å². The number of rotatable bonds is 5. The number of hydrogen-bond donors (Lipinski definition) is 0. The van der Waals surface area contributed by atoms with Crippen LogP contribution in [-0.4, -0.2) is 73.6 Å². The Hall–Kier alpha value is -4.04. The fraction of sp³-hybridized carbons (Fsp3) is 0.333. The maximum atomic E-state index is 14.2. The number of piperazine rings is 1. The van der Waals surface area contributed by atoms with E-state index in [0.29, 0.717) is 18.7 Å². The predicted molar refractivity (Wildman–Crippen MR) is 141 cm³/mol. The third-order valence-corrected chi connectivity index (χ3v) is 7.83. The van der Waals surface area contributed by atoms with E-state index in [9.17, 15) is 9.59 Å². The molecule has 3 aliphatic heterocycles. The molecule has 6 rings (SSSR count). The molecule has 0 bridgehead atoms. The van der Waals surface area contributed by atoms with Gasteiger partial charge in [-0.2, -0.15) is 0 Å². The van der Waals surface area contributed by atoms with E-state index in [4.69, 9.17) is 14.2 Å². The second kappa shape index (κ2) is 10.0. The molecule has 3 aromatic carbocycles. The van der Waals surface area contributed by atoms with Crippen molar-refractivity contribution in [3.63, 3.8) is 0 Å². The summed E-state index contributed by atoms with van der Waals surface area (Å²) >= 11 is 0. The van der Waals surface area contributed by atoms with E-state index in [2.05, 4.69) is 11.0 Å². The third-order valence-electron chi connectivity index (χ3n) is 7.83. The highest BCUT2D eigenvalue weighted by Gasteiger charge is 2.44. The van der Waals surface area contributed by atoms with Crippen LogP contribution in [0, 0.1) is 0 Å². The summed E-state index contributed by atoms with van der Waals surface area (Å²) in [6.45, 7) is 3.87. The molecule has 3 aromatic rings. The van der Waals surface area contributed by atoms with Crippen LogP contribution in [0.1, 0.15) is 39.0 Å². The van der Waals surface area contributed by atoms with Crippen LogP contribution < -0.4 is 14.2 Å². The maximum Gasteiger partial charge on any atom is 0.254 e. The van der Waals surface area contributed by atoms with Crippen molar-refractivity contribution < 1.29 is 23.8 Å². The number of carbonyl (C=O) groups is 2. The molecule has 38 heavy (non-hydrogen) atoms. The van der Waals surface area contributed by atoms with E-state index in [-0.39, 0.29) is 18.6 Å². The van der Waals surface area contributed by atoms with Gasteiger partial charge < -0.3 is 24.0 Å². The van der Waals surface area contributed by atoms with Gasteiger partial charge in [0.05, 0.1) is 19.1 Å². The Kier molecular flexibility index (Phi) is 6.41. The topological polar surface area (TPSA) is 71.5 Å². The number of amides is 2. The van der Waals surface area contributed by atoms with Crippen molar-refractivity contribution >= 4 is 11.8 Å². The molecule has 8 heteroatoms. The zero-order chi connectivity index (χ0) is 26.2. The number of methoxy groups -OCH3 is 1. The Balaban J connectivity index is 1.22. The van der Waals surface area contributed by atoms with Crippen LogP contribution in [0.4, 0.5) is 0 Å². The predicted octanol–water partition coefficient (Wildman–Crippen LogP) is 3.68. The first-order valence-electron chi connectivity index (χ1n) is 12.9. The number of carbonyl (C=O) groups excluding carboxylic acids is 2. The first kappa shape index (κ1) is 24.3. The lowest BCUT2D eigenvalue weighted by Crippen LogP contribution is -2.52. The summed E-state index contributed by atoms with van der Waals surface area (Å²) in [6, 6.07) is 20.8. The highest BCUT2D eigenvalue weighted by molar-refractivity contribution is 6.01. The van der Waals surface area contributed by atoms with Gasteiger partial charge in [-0.25, -0.2) is 0 Å². The van der Waals surface area contributed by atoms with Crippen molar-refractivity contribution in [2.75, 3.05) is 47.1 Å². The second-order valence-corrected chi connectivity index (χ2v) is 9.99. The monoisotopic (exact) mass is 513 g/mol. The molecule has 3 aliphatic rings. The number of benzene rings is 3. The zero-order valence-corrected chi connectivity index (χ0v) is 21.6. The third kappa shape index (κ3) is 4.35. The van der Waals surface area contributed by atoms with Crippen molar-refractivity contribution in [3.05, 3.63) is 89.0 Å². The molecule has 0 radical (unpaired) electrons. The summed E-state index contributed by atoms with van der Waals surface area (Å²) in [5, 5.41) is 0. The molecule has 0 spiro atoms. The summed E-state index contributed by atoms with van der Waals surface area (Å²) in [7, 11) is 3.41. The van der Waals surface area contributed by atoms with E-state index in [1.165, 1.54) is 0 Å².